The Morgan fingerprint density at radius 2 is 1.35 bits per heavy atom. The van der Waals surface area contributed by atoms with Gasteiger partial charge in [-0.1, -0.05) is 39.5 Å². The van der Waals surface area contributed by atoms with E-state index >= 15 is 0 Å². The lowest BCUT2D eigenvalue weighted by Crippen LogP contribution is -2.36. The normalized spacial score (nSPS) is 11.2. The maximum atomic E-state index is 12.5. The van der Waals surface area contributed by atoms with Crippen molar-refractivity contribution in [2.75, 3.05) is 13.2 Å². The first-order chi connectivity index (χ1) is 17.7. The van der Waals surface area contributed by atoms with Crippen molar-refractivity contribution >= 4 is 17.5 Å². The van der Waals surface area contributed by atoms with Crippen LogP contribution in [-0.4, -0.2) is 35.0 Å². The number of hydrogen-bond donors (Lipinski definition) is 0. The summed E-state index contributed by atoms with van der Waals surface area (Å²) in [5.41, 5.74) is 0.00395. The predicted molar refractivity (Wildman–Crippen MR) is 136 cm³/mol. The van der Waals surface area contributed by atoms with Crippen molar-refractivity contribution < 1.29 is 33.6 Å². The van der Waals surface area contributed by atoms with Crippen LogP contribution in [0.2, 0.25) is 0 Å². The van der Waals surface area contributed by atoms with E-state index in [-0.39, 0.29) is 29.3 Å². The molecule has 37 heavy (non-hydrogen) atoms. The SMILES string of the molecule is CCCCCOC(C)(Cc1cc([N+](=O)[O-])ccc1OC(=O)Oc1ccc([N+](=O)[O-])cc1)OCCCCC. The highest BCUT2D eigenvalue weighted by atomic mass is 16.7. The zero-order chi connectivity index (χ0) is 27.3. The van der Waals surface area contributed by atoms with Crippen molar-refractivity contribution in [1.82, 2.24) is 0 Å². The number of nitrogens with zero attached hydrogens (tertiary/aromatic N) is 2. The molecule has 11 heteroatoms. The Kier molecular flexibility index (Phi) is 11.9. The first-order valence-corrected chi connectivity index (χ1v) is 12.4. The Morgan fingerprint density at radius 3 is 1.86 bits per heavy atom. The van der Waals surface area contributed by atoms with E-state index < -0.39 is 21.8 Å². The van der Waals surface area contributed by atoms with E-state index in [4.69, 9.17) is 18.9 Å². The highest BCUT2D eigenvalue weighted by Crippen LogP contribution is 2.31. The number of benzene rings is 2. The van der Waals surface area contributed by atoms with Crippen molar-refractivity contribution in [2.24, 2.45) is 0 Å². The van der Waals surface area contributed by atoms with Crippen molar-refractivity contribution in [1.29, 1.82) is 0 Å². The van der Waals surface area contributed by atoms with Crippen LogP contribution < -0.4 is 9.47 Å². The second-order valence-corrected chi connectivity index (χ2v) is 8.68. The molecule has 0 aromatic heterocycles. The summed E-state index contributed by atoms with van der Waals surface area (Å²) in [4.78, 5) is 33.6. The van der Waals surface area contributed by atoms with Crippen LogP contribution >= 0.6 is 0 Å². The van der Waals surface area contributed by atoms with Gasteiger partial charge in [0.15, 0.2) is 5.79 Å². The van der Waals surface area contributed by atoms with Crippen molar-refractivity contribution in [3.8, 4) is 11.5 Å². The Hall–Kier alpha value is -3.57. The minimum Gasteiger partial charge on any atom is -0.395 e. The number of unbranched alkanes of at least 4 members (excludes halogenated alkanes) is 4. The van der Waals surface area contributed by atoms with Gasteiger partial charge in [0, 0.05) is 36.2 Å². The third kappa shape index (κ3) is 10.1. The van der Waals surface area contributed by atoms with E-state index in [9.17, 15) is 25.0 Å². The van der Waals surface area contributed by atoms with E-state index in [1.165, 1.54) is 42.5 Å². The lowest BCUT2D eigenvalue weighted by molar-refractivity contribution is -0.385. The summed E-state index contributed by atoms with van der Waals surface area (Å²) in [7, 11) is 0. The fourth-order valence-electron chi connectivity index (χ4n) is 3.53. The maximum Gasteiger partial charge on any atom is 0.519 e. The summed E-state index contributed by atoms with van der Waals surface area (Å²) in [6.45, 7) is 6.84. The zero-order valence-electron chi connectivity index (χ0n) is 21.5. The molecule has 0 amide bonds. The Bertz CT molecular complexity index is 1030. The van der Waals surface area contributed by atoms with Crippen LogP contribution in [0, 0.1) is 20.2 Å². The molecule has 0 radical (unpaired) electrons. The molecular formula is C26H34N2O9. The number of ether oxygens (including phenoxy) is 4. The van der Waals surface area contributed by atoms with Crippen LogP contribution in [0.5, 0.6) is 11.5 Å². The van der Waals surface area contributed by atoms with E-state index in [0.29, 0.717) is 18.8 Å². The molecular weight excluding hydrogens is 484 g/mol. The molecule has 0 unspecified atom stereocenters. The number of rotatable bonds is 16. The molecule has 0 N–H and O–H groups in total. The Labute approximate surface area is 216 Å². The van der Waals surface area contributed by atoms with Crippen LogP contribution in [-0.2, 0) is 15.9 Å². The summed E-state index contributed by atoms with van der Waals surface area (Å²) in [5.74, 6) is -1.00. The van der Waals surface area contributed by atoms with Crippen LogP contribution in [0.1, 0.15) is 64.9 Å². The van der Waals surface area contributed by atoms with E-state index in [1.807, 2.05) is 0 Å². The minimum absolute atomic E-state index is 0.0439. The Balaban J connectivity index is 2.23. The quantitative estimate of drug-likeness (QED) is 0.0589. The Morgan fingerprint density at radius 1 is 0.811 bits per heavy atom. The molecule has 0 saturated carbocycles. The highest BCUT2D eigenvalue weighted by molar-refractivity contribution is 5.68. The molecule has 0 heterocycles. The fraction of sp³-hybridized carbons (Fsp3) is 0.500. The molecule has 0 bridgehead atoms. The standard InChI is InChI=1S/C26H34N2O9/c1-4-6-8-16-34-26(3,35-17-9-7-5-2)19-20-18-22(28(32)33)12-15-24(20)37-25(29)36-23-13-10-21(11-14-23)27(30)31/h10-15,18H,4-9,16-17,19H2,1-3H3. The smallest absolute Gasteiger partial charge is 0.395 e. The molecule has 2 rings (SSSR count). The molecule has 0 saturated heterocycles. The van der Waals surface area contributed by atoms with Crippen LogP contribution in [0.3, 0.4) is 0 Å². The lowest BCUT2D eigenvalue weighted by atomic mass is 10.0. The third-order valence-electron chi connectivity index (χ3n) is 5.52. The molecule has 2 aromatic carbocycles. The number of non-ortho nitro benzene ring substituents is 2. The van der Waals surface area contributed by atoms with Crippen LogP contribution in [0.4, 0.5) is 16.2 Å². The second-order valence-electron chi connectivity index (χ2n) is 8.68. The monoisotopic (exact) mass is 518 g/mol. The fourth-order valence-corrected chi connectivity index (χ4v) is 3.53. The van der Waals surface area contributed by atoms with Gasteiger partial charge in [0.1, 0.15) is 11.5 Å². The average molecular weight is 519 g/mol. The number of carbonyl (C=O) groups excluding carboxylic acids is 1. The topological polar surface area (TPSA) is 140 Å². The molecule has 0 aliphatic rings. The third-order valence-corrected chi connectivity index (χ3v) is 5.52. The number of nitro benzene ring substituents is 2. The van der Waals surface area contributed by atoms with Gasteiger partial charge in [0.25, 0.3) is 11.4 Å². The number of nitro groups is 2. The highest BCUT2D eigenvalue weighted by Gasteiger charge is 2.30. The minimum atomic E-state index is -1.10. The molecule has 11 nitrogen and oxygen atoms in total. The predicted octanol–water partition coefficient (Wildman–Crippen LogP) is 6.75. The van der Waals surface area contributed by atoms with E-state index in [2.05, 4.69) is 13.8 Å². The largest absolute Gasteiger partial charge is 0.519 e. The van der Waals surface area contributed by atoms with Crippen molar-refractivity contribution in [3.05, 3.63) is 68.3 Å². The van der Waals surface area contributed by atoms with Gasteiger partial charge in [-0.2, -0.15) is 0 Å². The van der Waals surface area contributed by atoms with Gasteiger partial charge in [-0.15, -0.1) is 0 Å². The second kappa shape index (κ2) is 14.9. The van der Waals surface area contributed by atoms with Gasteiger partial charge >= 0.3 is 6.16 Å². The van der Waals surface area contributed by atoms with Gasteiger partial charge in [-0.3, -0.25) is 20.2 Å². The summed E-state index contributed by atoms with van der Waals surface area (Å²) < 4.78 is 22.7. The summed E-state index contributed by atoms with van der Waals surface area (Å²) in [5, 5.41) is 22.2. The molecule has 0 atom stereocenters. The summed E-state index contributed by atoms with van der Waals surface area (Å²) >= 11 is 0. The lowest BCUT2D eigenvalue weighted by Gasteiger charge is -2.31. The van der Waals surface area contributed by atoms with E-state index in [1.54, 1.807) is 6.92 Å². The molecule has 202 valence electrons. The molecule has 0 aliphatic heterocycles. The number of hydrogen-bond acceptors (Lipinski definition) is 9. The molecule has 0 aliphatic carbocycles. The van der Waals surface area contributed by atoms with Gasteiger partial charge in [-0.05, 0) is 38.0 Å². The number of carbonyl (C=O) groups is 1. The molecule has 0 fully saturated rings. The van der Waals surface area contributed by atoms with Gasteiger partial charge in [0.2, 0.25) is 0 Å². The molecule has 2 aromatic rings. The first-order valence-electron chi connectivity index (χ1n) is 12.4. The van der Waals surface area contributed by atoms with Gasteiger partial charge < -0.3 is 18.9 Å². The maximum absolute atomic E-state index is 12.5. The van der Waals surface area contributed by atoms with Crippen molar-refractivity contribution in [2.45, 2.75) is 71.5 Å². The summed E-state index contributed by atoms with van der Waals surface area (Å²) in [6.07, 6.45) is 4.70. The first kappa shape index (κ1) is 29.7. The summed E-state index contributed by atoms with van der Waals surface area (Å²) in [6, 6.07) is 8.77. The molecule has 0 spiro atoms. The van der Waals surface area contributed by atoms with E-state index in [0.717, 1.165) is 38.5 Å². The van der Waals surface area contributed by atoms with Gasteiger partial charge in [0.05, 0.1) is 23.1 Å². The average Bonchev–Trinajstić information content (AvgIpc) is 2.86. The van der Waals surface area contributed by atoms with Crippen molar-refractivity contribution in [3.63, 3.8) is 0 Å². The van der Waals surface area contributed by atoms with Gasteiger partial charge in [-0.25, -0.2) is 4.79 Å². The van der Waals surface area contributed by atoms with Crippen LogP contribution in [0.15, 0.2) is 42.5 Å². The van der Waals surface area contributed by atoms with Crippen LogP contribution in [0.25, 0.3) is 0 Å². The zero-order valence-corrected chi connectivity index (χ0v) is 21.5.